The van der Waals surface area contributed by atoms with Crippen LogP contribution in [-0.2, 0) is 7.05 Å². The molecule has 2 rings (SSSR count). The number of carbonyl (C=O) groups is 1. The number of aromatic nitrogens is 2. The van der Waals surface area contributed by atoms with Gasteiger partial charge in [0.1, 0.15) is 0 Å². The zero-order valence-electron chi connectivity index (χ0n) is 8.75. The van der Waals surface area contributed by atoms with Crippen LogP contribution < -0.4 is 0 Å². The van der Waals surface area contributed by atoms with Crippen LogP contribution in [0.1, 0.15) is 16.2 Å². The van der Waals surface area contributed by atoms with Crippen molar-refractivity contribution in [1.82, 2.24) is 9.55 Å². The van der Waals surface area contributed by atoms with Gasteiger partial charge in [0.15, 0.2) is 17.5 Å². The van der Waals surface area contributed by atoms with Crippen LogP contribution in [0.3, 0.4) is 0 Å². The highest BCUT2D eigenvalue weighted by Crippen LogP contribution is 2.24. The topological polar surface area (TPSA) is 34.9 Å². The van der Waals surface area contributed by atoms with E-state index >= 15 is 0 Å². The van der Waals surface area contributed by atoms with Gasteiger partial charge in [0, 0.05) is 25.0 Å². The Hall–Kier alpha value is -1.56. The van der Waals surface area contributed by atoms with Gasteiger partial charge in [-0.2, -0.15) is 0 Å². The van der Waals surface area contributed by atoms with Crippen molar-refractivity contribution in [3.63, 3.8) is 0 Å². The Balaban J connectivity index is 2.53. The van der Waals surface area contributed by atoms with Crippen LogP contribution >= 0.6 is 15.9 Å². The zero-order valence-corrected chi connectivity index (χ0v) is 10.3. The molecular formula is C11H7BrF2N2O. The second kappa shape index (κ2) is 4.37. The highest BCUT2D eigenvalue weighted by molar-refractivity contribution is 9.10. The number of aryl methyl sites for hydroxylation is 1. The smallest absolute Gasteiger partial charge is 0.229 e. The lowest BCUT2D eigenvalue weighted by atomic mass is 10.1. The number of benzene rings is 1. The van der Waals surface area contributed by atoms with Gasteiger partial charge in [0.2, 0.25) is 5.78 Å². The molecule has 0 fully saturated rings. The summed E-state index contributed by atoms with van der Waals surface area (Å²) in [6, 6.07) is 2.13. The van der Waals surface area contributed by atoms with Gasteiger partial charge in [-0.1, -0.05) is 0 Å². The number of nitrogens with zero attached hydrogens (tertiary/aromatic N) is 2. The number of halogens is 3. The highest BCUT2D eigenvalue weighted by Gasteiger charge is 2.20. The van der Waals surface area contributed by atoms with Crippen molar-refractivity contribution in [2.75, 3.05) is 0 Å². The first kappa shape index (κ1) is 11.9. The summed E-state index contributed by atoms with van der Waals surface area (Å²) in [7, 11) is 1.65. The first-order valence-corrected chi connectivity index (χ1v) is 5.47. The van der Waals surface area contributed by atoms with E-state index in [9.17, 15) is 13.6 Å². The maximum atomic E-state index is 13.3. The molecule has 1 heterocycles. The first-order valence-electron chi connectivity index (χ1n) is 4.68. The number of hydrogen-bond donors (Lipinski definition) is 0. The molecule has 0 radical (unpaired) electrons. The molecule has 1 aromatic heterocycles. The van der Waals surface area contributed by atoms with Gasteiger partial charge in [-0.15, -0.1) is 0 Å². The third kappa shape index (κ3) is 2.00. The van der Waals surface area contributed by atoms with Crippen LogP contribution in [0.4, 0.5) is 8.78 Å². The summed E-state index contributed by atoms with van der Waals surface area (Å²) >= 11 is 2.87. The molecule has 0 spiro atoms. The normalized spacial score (nSPS) is 10.6. The van der Waals surface area contributed by atoms with E-state index in [2.05, 4.69) is 20.9 Å². The van der Waals surface area contributed by atoms with Gasteiger partial charge in [0.25, 0.3) is 0 Å². The van der Waals surface area contributed by atoms with Crippen LogP contribution in [0.15, 0.2) is 29.0 Å². The Labute approximate surface area is 104 Å². The van der Waals surface area contributed by atoms with Crippen LogP contribution in [0.25, 0.3) is 0 Å². The van der Waals surface area contributed by atoms with Gasteiger partial charge >= 0.3 is 0 Å². The van der Waals surface area contributed by atoms with E-state index in [0.717, 1.165) is 6.07 Å². The van der Waals surface area contributed by atoms with Crippen LogP contribution in [0, 0.1) is 11.6 Å². The van der Waals surface area contributed by atoms with Crippen molar-refractivity contribution in [2.45, 2.75) is 0 Å². The van der Waals surface area contributed by atoms with E-state index in [4.69, 9.17) is 0 Å². The van der Waals surface area contributed by atoms with Gasteiger partial charge in [-0.25, -0.2) is 13.8 Å². The van der Waals surface area contributed by atoms with E-state index < -0.39 is 17.4 Å². The molecule has 0 saturated heterocycles. The third-order valence-corrected chi connectivity index (χ3v) is 3.08. The standard InChI is InChI=1S/C11H7BrF2N2O/c1-16-5-4-15-11(16)10(17)6-2-3-7(13)9(14)8(6)12/h2-5H,1H3. The van der Waals surface area contributed by atoms with Crippen LogP contribution in [0.5, 0.6) is 0 Å². The van der Waals surface area contributed by atoms with E-state index in [-0.39, 0.29) is 15.9 Å². The average Bonchev–Trinajstić information content (AvgIpc) is 2.72. The Kier molecular flexibility index (Phi) is 3.06. The molecule has 0 unspecified atom stereocenters. The maximum absolute atomic E-state index is 13.3. The number of imidazole rings is 1. The van der Waals surface area contributed by atoms with Crippen molar-refractivity contribution >= 4 is 21.7 Å². The van der Waals surface area contributed by atoms with Gasteiger partial charge < -0.3 is 4.57 Å². The molecule has 0 N–H and O–H groups in total. The van der Waals surface area contributed by atoms with Gasteiger partial charge in [0.05, 0.1) is 4.47 Å². The van der Waals surface area contributed by atoms with E-state index in [1.54, 1.807) is 13.2 Å². The molecule has 0 aliphatic carbocycles. The Bertz CT molecular complexity index is 595. The number of ketones is 1. The van der Waals surface area contributed by atoms with Crippen LogP contribution in [0.2, 0.25) is 0 Å². The fraction of sp³-hybridized carbons (Fsp3) is 0.0909. The van der Waals surface area contributed by atoms with Crippen molar-refractivity contribution in [3.05, 3.63) is 52.0 Å². The summed E-state index contributed by atoms with van der Waals surface area (Å²) in [5, 5.41) is 0. The molecule has 1 aromatic carbocycles. The SMILES string of the molecule is Cn1ccnc1C(=O)c1ccc(F)c(F)c1Br. The predicted molar refractivity (Wildman–Crippen MR) is 60.7 cm³/mol. The summed E-state index contributed by atoms with van der Waals surface area (Å²) in [4.78, 5) is 15.9. The maximum Gasteiger partial charge on any atom is 0.229 e. The summed E-state index contributed by atoms with van der Waals surface area (Å²) < 4.78 is 27.5. The quantitative estimate of drug-likeness (QED) is 0.631. The third-order valence-electron chi connectivity index (χ3n) is 2.30. The summed E-state index contributed by atoms with van der Waals surface area (Å²) in [5.74, 6) is -2.39. The molecule has 3 nitrogen and oxygen atoms in total. The molecule has 6 heteroatoms. The lowest BCUT2D eigenvalue weighted by molar-refractivity contribution is 0.102. The predicted octanol–water partition coefficient (Wildman–Crippen LogP) is 2.69. The number of hydrogen-bond acceptors (Lipinski definition) is 2. The lowest BCUT2D eigenvalue weighted by Crippen LogP contribution is -2.10. The lowest BCUT2D eigenvalue weighted by Gasteiger charge is -2.05. The Morgan fingerprint density at radius 3 is 2.71 bits per heavy atom. The minimum atomic E-state index is -1.08. The highest BCUT2D eigenvalue weighted by atomic mass is 79.9. The zero-order chi connectivity index (χ0) is 12.6. The Morgan fingerprint density at radius 2 is 2.12 bits per heavy atom. The Morgan fingerprint density at radius 1 is 1.41 bits per heavy atom. The molecule has 17 heavy (non-hydrogen) atoms. The minimum Gasteiger partial charge on any atom is -0.331 e. The molecule has 0 atom stereocenters. The van der Waals surface area contributed by atoms with Crippen LogP contribution in [-0.4, -0.2) is 15.3 Å². The fourth-order valence-corrected chi connectivity index (χ4v) is 1.91. The fourth-order valence-electron chi connectivity index (χ4n) is 1.41. The summed E-state index contributed by atoms with van der Waals surface area (Å²) in [5.41, 5.74) is 0.0400. The summed E-state index contributed by atoms with van der Waals surface area (Å²) in [6.07, 6.45) is 3.06. The molecule has 0 aliphatic heterocycles. The number of carbonyl (C=O) groups excluding carboxylic acids is 1. The monoisotopic (exact) mass is 300 g/mol. The van der Waals surface area contributed by atoms with Crippen molar-refractivity contribution in [1.29, 1.82) is 0 Å². The average molecular weight is 301 g/mol. The molecule has 0 saturated carbocycles. The number of rotatable bonds is 2. The van der Waals surface area contributed by atoms with Crippen molar-refractivity contribution in [2.24, 2.45) is 7.05 Å². The second-order valence-corrected chi connectivity index (χ2v) is 4.21. The summed E-state index contributed by atoms with van der Waals surface area (Å²) in [6.45, 7) is 0. The molecule has 88 valence electrons. The van der Waals surface area contributed by atoms with E-state index in [0.29, 0.717) is 0 Å². The van der Waals surface area contributed by atoms with E-state index in [1.807, 2.05) is 0 Å². The molecular weight excluding hydrogens is 294 g/mol. The molecule has 0 bridgehead atoms. The molecule has 2 aromatic rings. The largest absolute Gasteiger partial charge is 0.331 e. The van der Waals surface area contributed by atoms with Crippen molar-refractivity contribution in [3.8, 4) is 0 Å². The van der Waals surface area contributed by atoms with Gasteiger partial charge in [-0.3, -0.25) is 4.79 Å². The van der Waals surface area contributed by atoms with E-state index in [1.165, 1.54) is 16.8 Å². The molecule has 0 amide bonds. The molecule has 0 aliphatic rings. The van der Waals surface area contributed by atoms with Crippen molar-refractivity contribution < 1.29 is 13.6 Å². The minimum absolute atomic E-state index is 0.0400. The van der Waals surface area contributed by atoms with Gasteiger partial charge in [-0.05, 0) is 28.1 Å². The first-order chi connectivity index (χ1) is 8.02. The second-order valence-electron chi connectivity index (χ2n) is 3.41.